The van der Waals surface area contributed by atoms with Crippen LogP contribution in [0.5, 0.6) is 0 Å². The Bertz CT molecular complexity index is 1050. The molecule has 0 bridgehead atoms. The van der Waals surface area contributed by atoms with E-state index in [2.05, 4.69) is 85.1 Å². The molecule has 0 amide bonds. The first-order valence-electron chi connectivity index (χ1n) is 16.6. The molecule has 0 aliphatic heterocycles. The van der Waals surface area contributed by atoms with Crippen molar-refractivity contribution in [3.63, 3.8) is 0 Å². The fourth-order valence-electron chi connectivity index (χ4n) is 11.6. The summed E-state index contributed by atoms with van der Waals surface area (Å²) in [6.45, 7) is 17.8. The molecular weight excluding hydrogens is 472 g/mol. The molecule has 3 N–H and O–H groups in total. The summed E-state index contributed by atoms with van der Waals surface area (Å²) in [7, 11) is 2.05. The van der Waals surface area contributed by atoms with Crippen molar-refractivity contribution in [2.45, 2.75) is 119 Å². The molecule has 0 radical (unpaired) electrons. The fraction of sp³-hybridized carbons (Fsp3) is 0.784. The molecule has 39 heavy (non-hydrogen) atoms. The summed E-state index contributed by atoms with van der Waals surface area (Å²) < 4.78 is 0. The number of nitrogens with one attached hydrogen (secondary N) is 1. The van der Waals surface area contributed by atoms with Crippen molar-refractivity contribution in [1.29, 1.82) is 0 Å². The monoisotopic (exact) mass is 532 g/mol. The van der Waals surface area contributed by atoms with Crippen LogP contribution in [0.1, 0.15) is 118 Å². The highest BCUT2D eigenvalue weighted by Gasteiger charge is 2.63. The summed E-state index contributed by atoms with van der Waals surface area (Å²) in [5, 5.41) is 3.46. The van der Waals surface area contributed by atoms with Crippen molar-refractivity contribution in [1.82, 2.24) is 0 Å². The van der Waals surface area contributed by atoms with E-state index in [0.717, 1.165) is 47.1 Å². The van der Waals surface area contributed by atoms with Gasteiger partial charge >= 0.3 is 0 Å². The second kappa shape index (κ2) is 10.8. The second-order valence-corrected chi connectivity index (χ2v) is 15.9. The number of benzene rings is 1. The topological polar surface area (TPSA) is 38.0 Å². The second-order valence-electron chi connectivity index (χ2n) is 15.9. The van der Waals surface area contributed by atoms with Gasteiger partial charge in [0, 0.05) is 18.4 Å². The average molecular weight is 533 g/mol. The Morgan fingerprint density at radius 3 is 2.44 bits per heavy atom. The highest BCUT2D eigenvalue weighted by atomic mass is 14.8. The molecule has 0 saturated heterocycles. The Morgan fingerprint density at radius 1 is 1.00 bits per heavy atom. The molecule has 1 aromatic rings. The van der Waals surface area contributed by atoms with Crippen LogP contribution in [0.15, 0.2) is 29.8 Å². The zero-order valence-corrected chi connectivity index (χ0v) is 26.7. The quantitative estimate of drug-likeness (QED) is 0.271. The van der Waals surface area contributed by atoms with Crippen molar-refractivity contribution in [3.05, 3.63) is 35.4 Å². The molecule has 10 unspecified atom stereocenters. The molecule has 5 rings (SSSR count). The molecule has 0 heterocycles. The van der Waals surface area contributed by atoms with Crippen molar-refractivity contribution >= 4 is 11.4 Å². The molecule has 2 nitrogen and oxygen atoms in total. The van der Waals surface area contributed by atoms with Gasteiger partial charge in [-0.05, 0) is 160 Å². The normalized spacial score (nSPS) is 42.2. The third-order valence-electron chi connectivity index (χ3n) is 13.8. The van der Waals surface area contributed by atoms with Crippen LogP contribution in [0.25, 0.3) is 0 Å². The van der Waals surface area contributed by atoms with Gasteiger partial charge in [0.2, 0.25) is 0 Å². The maximum Gasteiger partial charge on any atom is 0.0390 e. The molecule has 4 aliphatic rings. The van der Waals surface area contributed by atoms with E-state index in [0.29, 0.717) is 16.2 Å². The van der Waals surface area contributed by atoms with Crippen LogP contribution in [0, 0.1) is 57.7 Å². The predicted molar refractivity (Wildman–Crippen MR) is 170 cm³/mol. The number of allylic oxidation sites excluding steroid dienone is 2. The van der Waals surface area contributed by atoms with Gasteiger partial charge in [-0.25, -0.2) is 0 Å². The lowest BCUT2D eigenvalue weighted by atomic mass is 9.39. The number of rotatable bonds is 7. The van der Waals surface area contributed by atoms with Gasteiger partial charge < -0.3 is 11.1 Å². The number of nitrogens with two attached hydrogens (primary N) is 1. The first-order valence-corrected chi connectivity index (χ1v) is 16.6. The van der Waals surface area contributed by atoms with Crippen LogP contribution >= 0.6 is 0 Å². The Kier molecular flexibility index (Phi) is 8.02. The molecule has 10 atom stereocenters. The smallest absolute Gasteiger partial charge is 0.0390 e. The summed E-state index contributed by atoms with van der Waals surface area (Å²) in [4.78, 5) is 0. The minimum Gasteiger partial charge on any atom is -0.399 e. The molecule has 0 spiro atoms. The Balaban J connectivity index is 1.37. The molecule has 218 valence electrons. The van der Waals surface area contributed by atoms with Crippen LogP contribution in [-0.2, 0) is 6.42 Å². The van der Waals surface area contributed by atoms with Crippen LogP contribution in [0.2, 0.25) is 0 Å². The third-order valence-corrected chi connectivity index (χ3v) is 13.8. The SMILES string of the molecule is CNc1cc(N)ccc1CC1(C)C(C)CCC2(C)C3CCC4(C)C(C(C)CCC=C(C)C)CCC4C3CCC12. The zero-order valence-electron chi connectivity index (χ0n) is 26.7. The largest absolute Gasteiger partial charge is 0.399 e. The fourth-order valence-corrected chi connectivity index (χ4v) is 11.6. The van der Waals surface area contributed by atoms with E-state index in [-0.39, 0.29) is 0 Å². The molecule has 4 saturated carbocycles. The van der Waals surface area contributed by atoms with E-state index in [1.807, 2.05) is 0 Å². The van der Waals surface area contributed by atoms with Gasteiger partial charge in [-0.3, -0.25) is 0 Å². The summed E-state index contributed by atoms with van der Waals surface area (Å²) in [6, 6.07) is 6.56. The highest BCUT2D eigenvalue weighted by Crippen LogP contribution is 2.71. The van der Waals surface area contributed by atoms with E-state index in [1.165, 1.54) is 87.5 Å². The van der Waals surface area contributed by atoms with Crippen molar-refractivity contribution in [3.8, 4) is 0 Å². The molecule has 2 heteroatoms. The van der Waals surface area contributed by atoms with Gasteiger partial charge in [0.05, 0.1) is 0 Å². The highest BCUT2D eigenvalue weighted by molar-refractivity contribution is 5.59. The van der Waals surface area contributed by atoms with Gasteiger partial charge in [0.15, 0.2) is 0 Å². The minimum atomic E-state index is 0.345. The number of hydrogen-bond donors (Lipinski definition) is 2. The van der Waals surface area contributed by atoms with Gasteiger partial charge in [-0.1, -0.05) is 52.3 Å². The Labute approximate surface area is 241 Å². The van der Waals surface area contributed by atoms with Crippen LogP contribution in [0.4, 0.5) is 11.4 Å². The lowest BCUT2D eigenvalue weighted by Gasteiger charge is -2.66. The molecular formula is C37H60N2. The predicted octanol–water partition coefficient (Wildman–Crippen LogP) is 10.1. The minimum absolute atomic E-state index is 0.345. The van der Waals surface area contributed by atoms with Crippen LogP contribution in [-0.4, -0.2) is 7.05 Å². The van der Waals surface area contributed by atoms with Crippen molar-refractivity contribution in [2.75, 3.05) is 18.1 Å². The third kappa shape index (κ3) is 4.88. The van der Waals surface area contributed by atoms with E-state index in [1.54, 1.807) is 0 Å². The van der Waals surface area contributed by atoms with E-state index in [9.17, 15) is 0 Å². The molecule has 0 aromatic heterocycles. The van der Waals surface area contributed by atoms with Crippen LogP contribution < -0.4 is 11.1 Å². The summed E-state index contributed by atoms with van der Waals surface area (Å²) >= 11 is 0. The van der Waals surface area contributed by atoms with Gasteiger partial charge in [-0.2, -0.15) is 0 Å². The zero-order chi connectivity index (χ0) is 28.2. The lowest BCUT2D eigenvalue weighted by molar-refractivity contribution is -0.165. The first-order chi connectivity index (χ1) is 18.4. The summed E-state index contributed by atoms with van der Waals surface area (Å²) in [5.74, 6) is 6.23. The average Bonchev–Trinajstić information content (AvgIpc) is 3.25. The standard InChI is InChI=1S/C37H60N2/c1-24(2)10-9-11-25(3)30-15-16-31-29-14-17-34-36(6,32(29)19-21-35(30,31)5)20-18-26(4)37(34,7)23-27-12-13-28(38)22-33(27)39-8/h10,12-13,22,25-26,29-32,34,39H,9,11,14-21,23,38H2,1-8H3. The number of anilines is 2. The van der Waals surface area contributed by atoms with Crippen molar-refractivity contribution < 1.29 is 0 Å². The van der Waals surface area contributed by atoms with Crippen LogP contribution in [0.3, 0.4) is 0 Å². The van der Waals surface area contributed by atoms with Gasteiger partial charge in [0.25, 0.3) is 0 Å². The molecule has 4 aliphatic carbocycles. The number of hydrogen-bond acceptors (Lipinski definition) is 2. The van der Waals surface area contributed by atoms with Gasteiger partial charge in [-0.15, -0.1) is 0 Å². The maximum absolute atomic E-state index is 6.17. The van der Waals surface area contributed by atoms with E-state index >= 15 is 0 Å². The number of fused-ring (bicyclic) bond motifs is 5. The van der Waals surface area contributed by atoms with Gasteiger partial charge in [0.1, 0.15) is 0 Å². The maximum atomic E-state index is 6.17. The lowest BCUT2D eigenvalue weighted by Crippen LogP contribution is -2.59. The Hall–Kier alpha value is -1.44. The molecule has 4 fully saturated rings. The molecule has 1 aromatic carbocycles. The Morgan fingerprint density at radius 2 is 1.72 bits per heavy atom. The summed E-state index contributed by atoms with van der Waals surface area (Å²) in [5.41, 5.74) is 12.6. The summed E-state index contributed by atoms with van der Waals surface area (Å²) in [6.07, 6.45) is 18.0. The van der Waals surface area contributed by atoms with E-state index < -0.39 is 0 Å². The van der Waals surface area contributed by atoms with E-state index in [4.69, 9.17) is 5.73 Å². The van der Waals surface area contributed by atoms with Crippen molar-refractivity contribution in [2.24, 2.45) is 57.7 Å². The number of nitrogen functional groups attached to an aromatic ring is 1. The first kappa shape index (κ1) is 29.1.